The van der Waals surface area contributed by atoms with Crippen molar-refractivity contribution in [2.45, 2.75) is 0 Å². The summed E-state index contributed by atoms with van der Waals surface area (Å²) >= 11 is 0. The molecule has 0 spiro atoms. The molecule has 0 saturated heterocycles. The Bertz CT molecular complexity index is 492. The van der Waals surface area contributed by atoms with Crippen LogP contribution in [0.4, 0.5) is 0 Å². The fraction of sp³-hybridized carbons (Fsp3) is 0.200. The van der Waals surface area contributed by atoms with Crippen LogP contribution in [0.1, 0.15) is 10.5 Å². The molecule has 0 unspecified atom stereocenters. The molecule has 0 saturated carbocycles. The number of carbonyl (C=O) groups excluding carboxylic acids is 1. The molecular weight excluding hydrogens is 196 g/mol. The summed E-state index contributed by atoms with van der Waals surface area (Å²) in [7, 11) is 2.94. The maximum absolute atomic E-state index is 11.7. The molecule has 0 aliphatic heterocycles. The molecule has 2 aromatic rings. The molecule has 5 nitrogen and oxygen atoms in total. The lowest BCUT2D eigenvalue weighted by Crippen LogP contribution is -2.25. The van der Waals surface area contributed by atoms with Crippen molar-refractivity contribution in [2.75, 3.05) is 14.2 Å². The topological polar surface area (TPSA) is 55.6 Å². The van der Waals surface area contributed by atoms with Crippen LogP contribution in [0.25, 0.3) is 11.0 Å². The Balaban J connectivity index is 2.48. The zero-order valence-electron chi connectivity index (χ0n) is 8.43. The lowest BCUT2D eigenvalue weighted by atomic mass is 10.2. The van der Waals surface area contributed by atoms with Crippen molar-refractivity contribution in [1.29, 1.82) is 0 Å². The molecule has 0 aliphatic rings. The van der Waals surface area contributed by atoms with E-state index in [1.54, 1.807) is 12.1 Å². The van der Waals surface area contributed by atoms with Crippen LogP contribution >= 0.6 is 0 Å². The fourth-order valence-corrected chi connectivity index (χ4v) is 1.27. The van der Waals surface area contributed by atoms with E-state index in [1.165, 1.54) is 14.2 Å². The van der Waals surface area contributed by atoms with Crippen molar-refractivity contribution in [3.8, 4) is 0 Å². The molecule has 1 aromatic heterocycles. The van der Waals surface area contributed by atoms with Gasteiger partial charge in [-0.15, -0.1) is 0 Å². The first-order chi connectivity index (χ1) is 7.24. The molecule has 1 heterocycles. The average Bonchev–Trinajstić information content (AvgIpc) is 2.70. The van der Waals surface area contributed by atoms with Crippen LogP contribution in [0.2, 0.25) is 0 Å². The van der Waals surface area contributed by atoms with Gasteiger partial charge in [-0.25, -0.2) is 5.06 Å². The van der Waals surface area contributed by atoms with Crippen molar-refractivity contribution in [3.63, 3.8) is 0 Å². The second-order valence-corrected chi connectivity index (χ2v) is 3.01. The third-order valence-electron chi connectivity index (χ3n) is 2.14. The first-order valence-electron chi connectivity index (χ1n) is 4.40. The predicted molar refractivity (Wildman–Crippen MR) is 53.1 cm³/mol. The summed E-state index contributed by atoms with van der Waals surface area (Å²) in [5.74, 6) is -0.331. The van der Waals surface area contributed by atoms with E-state index in [0.29, 0.717) is 11.0 Å². The van der Waals surface area contributed by atoms with Gasteiger partial charge >= 0.3 is 0 Å². The van der Waals surface area contributed by atoms with Gasteiger partial charge in [-0.2, -0.15) is 0 Å². The van der Waals surface area contributed by atoms with E-state index in [4.69, 9.17) is 9.36 Å². The third kappa shape index (κ3) is 1.57. The quantitative estimate of drug-likeness (QED) is 0.698. The molecule has 0 N–H and O–H groups in total. The lowest BCUT2D eigenvalue weighted by Gasteiger charge is -2.10. The molecule has 0 fully saturated rings. The summed E-state index contributed by atoms with van der Waals surface area (Å²) in [4.78, 5) is 16.5. The SMILES string of the molecule is CON(C)C(=O)c1noc2ccccc12. The standard InChI is InChI=1S/C10H10N2O3/c1-12(14-2)10(13)9-7-5-3-4-6-8(7)15-11-9/h3-6H,1-2H3. The Kier molecular flexibility index (Phi) is 2.39. The first-order valence-corrected chi connectivity index (χ1v) is 4.40. The van der Waals surface area contributed by atoms with Crippen molar-refractivity contribution >= 4 is 16.9 Å². The first kappa shape index (κ1) is 9.67. The van der Waals surface area contributed by atoms with Crippen molar-refractivity contribution in [3.05, 3.63) is 30.0 Å². The van der Waals surface area contributed by atoms with Crippen LogP contribution in [0.15, 0.2) is 28.8 Å². The van der Waals surface area contributed by atoms with E-state index in [9.17, 15) is 4.79 Å². The van der Waals surface area contributed by atoms with E-state index in [0.717, 1.165) is 5.06 Å². The summed E-state index contributed by atoms with van der Waals surface area (Å²) in [5.41, 5.74) is 0.848. The zero-order valence-corrected chi connectivity index (χ0v) is 8.43. The van der Waals surface area contributed by atoms with Gasteiger partial charge in [0.2, 0.25) is 0 Å². The molecule has 1 aromatic carbocycles. The Morgan fingerprint density at radius 1 is 1.47 bits per heavy atom. The number of nitrogens with zero attached hydrogens (tertiary/aromatic N) is 2. The maximum atomic E-state index is 11.7. The summed E-state index contributed by atoms with van der Waals surface area (Å²) in [5, 5.41) is 5.51. The Labute approximate surface area is 86.2 Å². The number of amides is 1. The van der Waals surface area contributed by atoms with E-state index in [-0.39, 0.29) is 11.6 Å². The number of hydrogen-bond acceptors (Lipinski definition) is 4. The number of rotatable bonds is 2. The second-order valence-electron chi connectivity index (χ2n) is 3.01. The van der Waals surface area contributed by atoms with Crippen molar-refractivity contribution < 1.29 is 14.2 Å². The number of hydrogen-bond donors (Lipinski definition) is 0. The van der Waals surface area contributed by atoms with Gasteiger partial charge in [-0.05, 0) is 12.1 Å². The van der Waals surface area contributed by atoms with Crippen LogP contribution in [0, 0.1) is 0 Å². The predicted octanol–water partition coefficient (Wildman–Crippen LogP) is 1.46. The minimum absolute atomic E-state index is 0.259. The van der Waals surface area contributed by atoms with E-state index in [2.05, 4.69) is 5.16 Å². The average molecular weight is 206 g/mol. The number of fused-ring (bicyclic) bond motifs is 1. The molecule has 0 radical (unpaired) electrons. The zero-order chi connectivity index (χ0) is 10.8. The van der Waals surface area contributed by atoms with Gasteiger partial charge in [0.05, 0.1) is 12.5 Å². The number of carbonyl (C=O) groups is 1. The lowest BCUT2D eigenvalue weighted by molar-refractivity contribution is -0.0761. The number of hydroxylamine groups is 2. The molecule has 0 bridgehead atoms. The highest BCUT2D eigenvalue weighted by Crippen LogP contribution is 2.18. The highest BCUT2D eigenvalue weighted by Gasteiger charge is 2.19. The van der Waals surface area contributed by atoms with Gasteiger partial charge in [0.15, 0.2) is 11.3 Å². The number of benzene rings is 1. The molecule has 1 amide bonds. The van der Waals surface area contributed by atoms with Crippen LogP contribution in [-0.2, 0) is 4.84 Å². The van der Waals surface area contributed by atoms with Gasteiger partial charge in [-0.1, -0.05) is 17.3 Å². The van der Waals surface area contributed by atoms with Gasteiger partial charge in [0.1, 0.15) is 0 Å². The van der Waals surface area contributed by atoms with Crippen LogP contribution in [0.5, 0.6) is 0 Å². The van der Waals surface area contributed by atoms with Crippen LogP contribution in [-0.4, -0.2) is 30.3 Å². The molecular formula is C10H10N2O3. The van der Waals surface area contributed by atoms with Gasteiger partial charge in [0.25, 0.3) is 5.91 Å². The molecule has 15 heavy (non-hydrogen) atoms. The highest BCUT2D eigenvalue weighted by molar-refractivity contribution is 6.03. The van der Waals surface area contributed by atoms with Gasteiger partial charge < -0.3 is 4.52 Å². The van der Waals surface area contributed by atoms with Crippen molar-refractivity contribution in [1.82, 2.24) is 10.2 Å². The molecule has 0 atom stereocenters. The van der Waals surface area contributed by atoms with Crippen LogP contribution in [0.3, 0.4) is 0 Å². The summed E-state index contributed by atoms with van der Waals surface area (Å²) in [6.07, 6.45) is 0. The monoisotopic (exact) mass is 206 g/mol. The van der Waals surface area contributed by atoms with Crippen LogP contribution < -0.4 is 0 Å². The highest BCUT2D eigenvalue weighted by atomic mass is 16.7. The third-order valence-corrected chi connectivity index (χ3v) is 2.14. The molecule has 78 valence electrons. The second kappa shape index (κ2) is 3.70. The molecule has 5 heteroatoms. The van der Waals surface area contributed by atoms with E-state index < -0.39 is 0 Å². The van der Waals surface area contributed by atoms with E-state index in [1.807, 2.05) is 12.1 Å². The Hall–Kier alpha value is -1.88. The minimum Gasteiger partial charge on any atom is -0.355 e. The van der Waals surface area contributed by atoms with Gasteiger partial charge in [-0.3, -0.25) is 9.63 Å². The summed E-state index contributed by atoms with van der Waals surface area (Å²) < 4.78 is 5.01. The van der Waals surface area contributed by atoms with Gasteiger partial charge in [0, 0.05) is 7.05 Å². The minimum atomic E-state index is -0.331. The van der Waals surface area contributed by atoms with Crippen molar-refractivity contribution in [2.24, 2.45) is 0 Å². The fourth-order valence-electron chi connectivity index (χ4n) is 1.27. The molecule has 0 aliphatic carbocycles. The smallest absolute Gasteiger partial charge is 0.299 e. The number of aromatic nitrogens is 1. The number of para-hydroxylation sites is 1. The Morgan fingerprint density at radius 2 is 2.20 bits per heavy atom. The Morgan fingerprint density at radius 3 is 2.93 bits per heavy atom. The van der Waals surface area contributed by atoms with E-state index >= 15 is 0 Å². The maximum Gasteiger partial charge on any atom is 0.299 e. The summed E-state index contributed by atoms with van der Waals surface area (Å²) in [6.45, 7) is 0. The summed E-state index contributed by atoms with van der Waals surface area (Å²) in [6, 6.07) is 7.18. The normalized spacial score (nSPS) is 10.5. The largest absolute Gasteiger partial charge is 0.355 e. The molecule has 2 rings (SSSR count).